The molecule has 0 unspecified atom stereocenters. The van der Waals surface area contributed by atoms with E-state index in [9.17, 15) is 18.8 Å². The first kappa shape index (κ1) is 17.3. The van der Waals surface area contributed by atoms with Crippen molar-refractivity contribution in [3.05, 3.63) is 35.6 Å². The van der Waals surface area contributed by atoms with Gasteiger partial charge in [-0.05, 0) is 30.5 Å². The lowest BCUT2D eigenvalue weighted by atomic mass is 9.87. The number of carbonyl (C=O) groups excluding carboxylic acids is 3. The summed E-state index contributed by atoms with van der Waals surface area (Å²) in [6, 6.07) is 5.61. The van der Waals surface area contributed by atoms with Crippen LogP contribution in [0.15, 0.2) is 24.3 Å². The zero-order valence-corrected chi connectivity index (χ0v) is 14.0. The molecule has 2 aliphatic heterocycles. The highest BCUT2D eigenvalue weighted by Gasteiger charge is 2.50. The summed E-state index contributed by atoms with van der Waals surface area (Å²) >= 11 is 0. The van der Waals surface area contributed by atoms with Crippen LogP contribution in [0.3, 0.4) is 0 Å². The van der Waals surface area contributed by atoms with Gasteiger partial charge in [-0.3, -0.25) is 19.4 Å². The number of halogens is 1. The maximum absolute atomic E-state index is 12.8. The van der Waals surface area contributed by atoms with Gasteiger partial charge < -0.3 is 10.6 Å². The van der Waals surface area contributed by atoms with Gasteiger partial charge in [0.15, 0.2) is 0 Å². The maximum atomic E-state index is 12.8. The van der Waals surface area contributed by atoms with Crippen LogP contribution in [0.4, 0.5) is 9.18 Å². The van der Waals surface area contributed by atoms with Crippen molar-refractivity contribution in [1.29, 1.82) is 0 Å². The molecule has 2 saturated heterocycles. The molecular formula is C17H21FN4O3. The normalized spacial score (nSPS) is 20.0. The lowest BCUT2D eigenvalue weighted by Crippen LogP contribution is -2.55. The van der Waals surface area contributed by atoms with Gasteiger partial charge in [0.05, 0.1) is 6.54 Å². The predicted molar refractivity (Wildman–Crippen MR) is 88.0 cm³/mol. The van der Waals surface area contributed by atoms with Gasteiger partial charge in [0.1, 0.15) is 11.4 Å². The molecule has 2 aliphatic rings. The minimum atomic E-state index is -0.813. The van der Waals surface area contributed by atoms with Crippen LogP contribution < -0.4 is 10.6 Å². The smallest absolute Gasteiger partial charge is 0.324 e. The highest BCUT2D eigenvalue weighted by atomic mass is 19.1. The average Bonchev–Trinajstić information content (AvgIpc) is 2.81. The number of urea groups is 1. The number of nitrogens with zero attached hydrogens (tertiary/aromatic N) is 2. The number of amides is 4. The second-order valence-electron chi connectivity index (χ2n) is 6.56. The monoisotopic (exact) mass is 348 g/mol. The van der Waals surface area contributed by atoms with Crippen molar-refractivity contribution in [3.63, 3.8) is 0 Å². The van der Waals surface area contributed by atoms with E-state index < -0.39 is 5.54 Å². The Morgan fingerprint density at radius 3 is 2.44 bits per heavy atom. The van der Waals surface area contributed by atoms with Gasteiger partial charge in [0.25, 0.3) is 5.91 Å². The average molecular weight is 348 g/mol. The summed E-state index contributed by atoms with van der Waals surface area (Å²) < 4.78 is 12.8. The summed E-state index contributed by atoms with van der Waals surface area (Å²) in [5, 5.41) is 5.58. The Morgan fingerprint density at radius 2 is 1.88 bits per heavy atom. The molecule has 2 heterocycles. The number of hydrogen-bond donors (Lipinski definition) is 2. The Balaban J connectivity index is 1.46. The zero-order chi connectivity index (χ0) is 18.0. The number of piperidine rings is 1. The van der Waals surface area contributed by atoms with E-state index in [-0.39, 0.29) is 30.2 Å². The number of hydrogen-bond acceptors (Lipinski definition) is 4. The van der Waals surface area contributed by atoms with Crippen LogP contribution >= 0.6 is 0 Å². The van der Waals surface area contributed by atoms with Crippen molar-refractivity contribution in [2.24, 2.45) is 0 Å². The third-order valence-corrected chi connectivity index (χ3v) is 4.84. The molecule has 2 fully saturated rings. The van der Waals surface area contributed by atoms with Gasteiger partial charge in [0.2, 0.25) is 5.91 Å². The minimum Gasteiger partial charge on any atom is -0.351 e. The third kappa shape index (κ3) is 3.63. The first-order valence-electron chi connectivity index (χ1n) is 8.23. The number of likely N-dealkylation sites (tertiary alicyclic amines) is 1. The van der Waals surface area contributed by atoms with Crippen molar-refractivity contribution in [1.82, 2.24) is 20.4 Å². The van der Waals surface area contributed by atoms with Crippen molar-refractivity contribution in [3.8, 4) is 0 Å². The van der Waals surface area contributed by atoms with Crippen molar-refractivity contribution < 1.29 is 18.8 Å². The van der Waals surface area contributed by atoms with E-state index in [1.165, 1.54) is 19.2 Å². The quantitative estimate of drug-likeness (QED) is 0.775. The van der Waals surface area contributed by atoms with Crippen molar-refractivity contribution in [2.75, 3.05) is 26.7 Å². The van der Waals surface area contributed by atoms with E-state index in [0.29, 0.717) is 32.5 Å². The molecule has 25 heavy (non-hydrogen) atoms. The third-order valence-electron chi connectivity index (χ3n) is 4.84. The number of rotatable bonds is 4. The number of likely N-dealkylation sites (N-methyl/N-ethyl adjacent to an activating group) is 1. The molecule has 0 radical (unpaired) electrons. The molecule has 0 saturated carbocycles. The fourth-order valence-corrected chi connectivity index (χ4v) is 3.25. The van der Waals surface area contributed by atoms with Gasteiger partial charge >= 0.3 is 6.03 Å². The molecule has 0 aromatic heterocycles. The van der Waals surface area contributed by atoms with Gasteiger partial charge in [-0.15, -0.1) is 0 Å². The van der Waals surface area contributed by atoms with Crippen LogP contribution in [0, 0.1) is 5.82 Å². The maximum Gasteiger partial charge on any atom is 0.324 e. The lowest BCUT2D eigenvalue weighted by molar-refractivity contribution is -0.132. The largest absolute Gasteiger partial charge is 0.351 e. The van der Waals surface area contributed by atoms with Crippen LogP contribution in [-0.4, -0.2) is 59.9 Å². The molecule has 7 nitrogen and oxygen atoms in total. The summed E-state index contributed by atoms with van der Waals surface area (Å²) in [5.74, 6) is -0.631. The molecule has 1 aromatic rings. The molecule has 134 valence electrons. The highest BCUT2D eigenvalue weighted by Crippen LogP contribution is 2.28. The Hall–Kier alpha value is -2.48. The van der Waals surface area contributed by atoms with E-state index in [0.717, 1.165) is 10.5 Å². The van der Waals surface area contributed by atoms with Crippen LogP contribution in [0.1, 0.15) is 18.4 Å². The Bertz CT molecular complexity index is 684. The second-order valence-corrected chi connectivity index (χ2v) is 6.56. The molecule has 0 bridgehead atoms. The molecular weight excluding hydrogens is 327 g/mol. The van der Waals surface area contributed by atoms with Crippen molar-refractivity contribution in [2.45, 2.75) is 24.9 Å². The first-order valence-corrected chi connectivity index (χ1v) is 8.23. The Morgan fingerprint density at radius 1 is 1.24 bits per heavy atom. The summed E-state index contributed by atoms with van der Waals surface area (Å²) in [6.45, 7) is 1.69. The van der Waals surface area contributed by atoms with Crippen LogP contribution in [0.5, 0.6) is 0 Å². The minimum absolute atomic E-state index is 0.126. The Labute approximate surface area is 145 Å². The molecule has 1 aromatic carbocycles. The summed E-state index contributed by atoms with van der Waals surface area (Å²) in [5.41, 5.74) is 0.0158. The van der Waals surface area contributed by atoms with Crippen LogP contribution in [0.2, 0.25) is 0 Å². The number of imide groups is 1. The molecule has 8 heteroatoms. The van der Waals surface area contributed by atoms with Gasteiger partial charge in [-0.2, -0.15) is 0 Å². The summed E-state index contributed by atoms with van der Waals surface area (Å²) in [4.78, 5) is 39.0. The molecule has 1 spiro atoms. The number of carbonyl (C=O) groups is 3. The second kappa shape index (κ2) is 6.79. The fourth-order valence-electron chi connectivity index (χ4n) is 3.25. The fraction of sp³-hybridized carbons (Fsp3) is 0.471. The molecule has 0 atom stereocenters. The predicted octanol–water partition coefficient (Wildman–Crippen LogP) is 0.458. The van der Waals surface area contributed by atoms with E-state index in [4.69, 9.17) is 0 Å². The van der Waals surface area contributed by atoms with Gasteiger partial charge in [-0.1, -0.05) is 12.1 Å². The molecule has 0 aliphatic carbocycles. The molecule has 2 N–H and O–H groups in total. The SMILES string of the molecule is CN1C(=O)NC2(CCN(CC(=O)NCc3ccc(F)cc3)CC2)C1=O. The summed E-state index contributed by atoms with van der Waals surface area (Å²) in [6.07, 6.45) is 0.986. The van der Waals surface area contributed by atoms with Gasteiger partial charge in [0, 0.05) is 26.7 Å². The topological polar surface area (TPSA) is 81.8 Å². The van der Waals surface area contributed by atoms with Crippen LogP contribution in [-0.2, 0) is 16.1 Å². The van der Waals surface area contributed by atoms with E-state index in [1.807, 2.05) is 4.90 Å². The zero-order valence-electron chi connectivity index (χ0n) is 14.0. The molecule has 4 amide bonds. The standard InChI is InChI=1S/C17H21FN4O3/c1-21-15(24)17(20-16(21)25)6-8-22(9-7-17)11-14(23)19-10-12-2-4-13(18)5-3-12/h2-5H,6-11H2,1H3,(H,19,23)(H,20,25). The Kier molecular flexibility index (Phi) is 4.71. The van der Waals surface area contributed by atoms with Crippen molar-refractivity contribution >= 4 is 17.8 Å². The highest BCUT2D eigenvalue weighted by molar-refractivity contribution is 6.06. The summed E-state index contributed by atoms with van der Waals surface area (Å²) in [7, 11) is 1.47. The van der Waals surface area contributed by atoms with Gasteiger partial charge in [-0.25, -0.2) is 9.18 Å². The van der Waals surface area contributed by atoms with E-state index >= 15 is 0 Å². The van der Waals surface area contributed by atoms with E-state index in [1.54, 1.807) is 12.1 Å². The number of nitrogens with one attached hydrogen (secondary N) is 2. The van der Waals surface area contributed by atoms with Crippen LogP contribution in [0.25, 0.3) is 0 Å². The first-order chi connectivity index (χ1) is 11.9. The molecule has 3 rings (SSSR count). The number of benzene rings is 1. The lowest BCUT2D eigenvalue weighted by Gasteiger charge is -2.36. The van der Waals surface area contributed by atoms with E-state index in [2.05, 4.69) is 10.6 Å².